The number of carbonyl (C=O) groups excluding carboxylic acids is 2. The molecule has 2 rings (SSSR count). The zero-order valence-electron chi connectivity index (χ0n) is 13.8. The molecule has 1 N–H and O–H groups in total. The van der Waals surface area contributed by atoms with E-state index in [4.69, 9.17) is 0 Å². The molecule has 5 nitrogen and oxygen atoms in total. The summed E-state index contributed by atoms with van der Waals surface area (Å²) in [7, 11) is 0. The molecule has 0 bridgehead atoms. The average Bonchev–Trinajstić information content (AvgIpc) is 2.89. The Hall–Kier alpha value is -1.10. The number of nitrogens with one attached hydrogen (secondary N) is 1. The van der Waals surface area contributed by atoms with Gasteiger partial charge in [-0.05, 0) is 37.8 Å². The molecule has 2 aliphatic rings. The van der Waals surface area contributed by atoms with Crippen molar-refractivity contribution >= 4 is 11.8 Å². The number of hydrogen-bond donors (Lipinski definition) is 1. The van der Waals surface area contributed by atoms with Gasteiger partial charge in [0.05, 0.1) is 0 Å². The first kappa shape index (κ1) is 16.3. The lowest BCUT2D eigenvalue weighted by Gasteiger charge is -2.41. The molecule has 0 aliphatic carbocycles. The molecule has 0 radical (unpaired) electrons. The summed E-state index contributed by atoms with van der Waals surface area (Å²) in [5.41, 5.74) is 0. The van der Waals surface area contributed by atoms with Gasteiger partial charge in [0, 0.05) is 13.1 Å². The highest BCUT2D eigenvalue weighted by molar-refractivity contribution is 5.97. The Morgan fingerprint density at radius 1 is 1.29 bits per heavy atom. The van der Waals surface area contributed by atoms with Crippen LogP contribution in [0, 0.1) is 11.8 Å². The Morgan fingerprint density at radius 2 is 2.00 bits per heavy atom. The fourth-order valence-electron chi connectivity index (χ4n) is 3.57. The van der Waals surface area contributed by atoms with Crippen LogP contribution >= 0.6 is 0 Å². The zero-order valence-corrected chi connectivity index (χ0v) is 13.8. The Labute approximate surface area is 128 Å². The summed E-state index contributed by atoms with van der Waals surface area (Å²) in [5.74, 6) is 0.765. The number of hydrogen-bond acceptors (Lipinski definition) is 3. The van der Waals surface area contributed by atoms with Crippen LogP contribution < -0.4 is 5.32 Å². The smallest absolute Gasteiger partial charge is 0.245 e. The standard InChI is InChI=1S/C16H29N3O2/c1-5-13-16(21)19(14(11(3)4)15(20)17-13)10-12-7-8-18(6-2)9-12/h11-14H,5-10H2,1-4H3,(H,17,20). The van der Waals surface area contributed by atoms with Crippen LogP contribution in [0.5, 0.6) is 0 Å². The molecule has 5 heteroatoms. The second-order valence-electron chi connectivity index (χ2n) is 6.70. The first-order valence-electron chi connectivity index (χ1n) is 8.31. The molecule has 0 aromatic heterocycles. The van der Waals surface area contributed by atoms with Gasteiger partial charge in [-0.2, -0.15) is 0 Å². The normalized spacial score (nSPS) is 31.1. The first-order chi connectivity index (χ1) is 9.97. The summed E-state index contributed by atoms with van der Waals surface area (Å²) in [6.45, 7) is 12.1. The second-order valence-corrected chi connectivity index (χ2v) is 6.70. The Kier molecular flexibility index (Phi) is 5.25. The highest BCUT2D eigenvalue weighted by Crippen LogP contribution is 2.24. The van der Waals surface area contributed by atoms with Gasteiger partial charge < -0.3 is 15.1 Å². The van der Waals surface area contributed by atoms with Crippen LogP contribution in [-0.2, 0) is 9.59 Å². The van der Waals surface area contributed by atoms with Crippen LogP contribution in [0.3, 0.4) is 0 Å². The van der Waals surface area contributed by atoms with E-state index in [-0.39, 0.29) is 29.8 Å². The third kappa shape index (κ3) is 3.39. The van der Waals surface area contributed by atoms with Gasteiger partial charge in [0.1, 0.15) is 12.1 Å². The zero-order chi connectivity index (χ0) is 15.6. The third-order valence-corrected chi connectivity index (χ3v) is 4.81. The van der Waals surface area contributed by atoms with Crippen molar-refractivity contribution in [1.29, 1.82) is 0 Å². The van der Waals surface area contributed by atoms with Crippen molar-refractivity contribution in [3.05, 3.63) is 0 Å². The second kappa shape index (κ2) is 6.77. The number of likely N-dealkylation sites (tertiary alicyclic amines) is 1. The molecule has 2 saturated heterocycles. The minimum Gasteiger partial charge on any atom is -0.343 e. The molecule has 3 unspecified atom stereocenters. The molecule has 2 fully saturated rings. The van der Waals surface area contributed by atoms with Crippen LogP contribution in [0.25, 0.3) is 0 Å². The highest BCUT2D eigenvalue weighted by Gasteiger charge is 2.42. The van der Waals surface area contributed by atoms with E-state index in [9.17, 15) is 9.59 Å². The number of rotatable bonds is 5. The van der Waals surface area contributed by atoms with Gasteiger partial charge >= 0.3 is 0 Å². The Morgan fingerprint density at radius 3 is 2.52 bits per heavy atom. The largest absolute Gasteiger partial charge is 0.343 e. The fraction of sp³-hybridized carbons (Fsp3) is 0.875. The van der Waals surface area contributed by atoms with E-state index in [1.807, 2.05) is 25.7 Å². The summed E-state index contributed by atoms with van der Waals surface area (Å²) in [4.78, 5) is 29.3. The molecule has 21 heavy (non-hydrogen) atoms. The van der Waals surface area contributed by atoms with E-state index in [0.717, 1.165) is 32.6 Å². The summed E-state index contributed by atoms with van der Waals surface area (Å²) >= 11 is 0. The van der Waals surface area contributed by atoms with E-state index in [0.29, 0.717) is 12.3 Å². The molecule has 0 aromatic rings. The van der Waals surface area contributed by atoms with Crippen molar-refractivity contribution in [2.45, 2.75) is 52.6 Å². The summed E-state index contributed by atoms with van der Waals surface area (Å²) < 4.78 is 0. The maximum Gasteiger partial charge on any atom is 0.245 e. The molecular weight excluding hydrogens is 266 g/mol. The topological polar surface area (TPSA) is 52.7 Å². The van der Waals surface area contributed by atoms with Crippen molar-refractivity contribution in [3.63, 3.8) is 0 Å². The lowest BCUT2D eigenvalue weighted by molar-refractivity contribution is -0.152. The predicted octanol–water partition coefficient (Wildman–Crippen LogP) is 1.09. The van der Waals surface area contributed by atoms with Crippen molar-refractivity contribution in [2.24, 2.45) is 11.8 Å². The molecule has 0 saturated carbocycles. The summed E-state index contributed by atoms with van der Waals surface area (Å²) in [6, 6.07) is -0.646. The minimum atomic E-state index is -0.337. The summed E-state index contributed by atoms with van der Waals surface area (Å²) in [5, 5.41) is 2.88. The molecule has 120 valence electrons. The third-order valence-electron chi connectivity index (χ3n) is 4.81. The number of amides is 2. The molecule has 0 spiro atoms. The minimum absolute atomic E-state index is 0.0156. The molecule has 0 aromatic carbocycles. The van der Waals surface area contributed by atoms with E-state index in [1.54, 1.807) is 0 Å². The van der Waals surface area contributed by atoms with Gasteiger partial charge in [-0.3, -0.25) is 9.59 Å². The maximum absolute atomic E-state index is 12.7. The SMILES string of the molecule is CCC1NC(=O)C(C(C)C)N(CC2CCN(CC)C2)C1=O. The summed E-state index contributed by atoms with van der Waals surface area (Å²) in [6.07, 6.45) is 1.79. The van der Waals surface area contributed by atoms with Gasteiger partial charge in [-0.15, -0.1) is 0 Å². The highest BCUT2D eigenvalue weighted by atomic mass is 16.2. The Balaban J connectivity index is 2.11. The van der Waals surface area contributed by atoms with Crippen LogP contribution in [0.15, 0.2) is 0 Å². The van der Waals surface area contributed by atoms with Crippen molar-refractivity contribution in [1.82, 2.24) is 15.1 Å². The van der Waals surface area contributed by atoms with E-state index in [1.165, 1.54) is 0 Å². The molecule has 2 aliphatic heterocycles. The molecular formula is C16H29N3O2. The van der Waals surface area contributed by atoms with Crippen LogP contribution in [0.4, 0.5) is 0 Å². The lowest BCUT2D eigenvalue weighted by Crippen LogP contribution is -2.65. The lowest BCUT2D eigenvalue weighted by atomic mass is 9.94. The first-order valence-corrected chi connectivity index (χ1v) is 8.31. The van der Waals surface area contributed by atoms with Gasteiger partial charge in [-0.1, -0.05) is 27.7 Å². The number of carbonyl (C=O) groups is 2. The average molecular weight is 295 g/mol. The van der Waals surface area contributed by atoms with Crippen LogP contribution in [-0.4, -0.2) is 59.9 Å². The van der Waals surface area contributed by atoms with E-state index < -0.39 is 0 Å². The van der Waals surface area contributed by atoms with Crippen LogP contribution in [0.2, 0.25) is 0 Å². The van der Waals surface area contributed by atoms with E-state index >= 15 is 0 Å². The quantitative estimate of drug-likeness (QED) is 0.826. The van der Waals surface area contributed by atoms with Gasteiger partial charge in [0.15, 0.2) is 0 Å². The van der Waals surface area contributed by atoms with Crippen molar-refractivity contribution in [3.8, 4) is 0 Å². The van der Waals surface area contributed by atoms with E-state index in [2.05, 4.69) is 17.1 Å². The number of nitrogens with zero attached hydrogens (tertiary/aromatic N) is 2. The van der Waals surface area contributed by atoms with Gasteiger partial charge in [0.2, 0.25) is 11.8 Å². The Bertz CT molecular complexity index is 397. The molecule has 3 atom stereocenters. The van der Waals surface area contributed by atoms with Crippen LogP contribution in [0.1, 0.15) is 40.5 Å². The molecule has 2 amide bonds. The predicted molar refractivity (Wildman–Crippen MR) is 82.8 cm³/mol. The van der Waals surface area contributed by atoms with Crippen molar-refractivity contribution < 1.29 is 9.59 Å². The monoisotopic (exact) mass is 295 g/mol. The maximum atomic E-state index is 12.7. The van der Waals surface area contributed by atoms with Crippen molar-refractivity contribution in [2.75, 3.05) is 26.2 Å². The fourth-order valence-corrected chi connectivity index (χ4v) is 3.57. The molecule has 2 heterocycles. The number of piperazine rings is 1. The van der Waals surface area contributed by atoms with Gasteiger partial charge in [0.25, 0.3) is 0 Å². The van der Waals surface area contributed by atoms with Gasteiger partial charge in [-0.25, -0.2) is 0 Å².